The molecule has 116 valence electrons. The Morgan fingerprint density at radius 3 is 2.55 bits per heavy atom. The number of furan rings is 1. The second kappa shape index (κ2) is 6.69. The van der Waals surface area contributed by atoms with Crippen molar-refractivity contribution in [1.29, 1.82) is 0 Å². The van der Waals surface area contributed by atoms with E-state index in [1.54, 1.807) is 0 Å². The Balaban J connectivity index is 1.57. The van der Waals surface area contributed by atoms with Crippen molar-refractivity contribution in [2.45, 2.75) is 44.6 Å². The van der Waals surface area contributed by atoms with E-state index in [0.29, 0.717) is 18.1 Å². The van der Waals surface area contributed by atoms with Crippen molar-refractivity contribution in [2.24, 2.45) is 0 Å². The molecule has 1 N–H and O–H groups in total. The fourth-order valence-electron chi connectivity index (χ4n) is 3.00. The van der Waals surface area contributed by atoms with Crippen molar-refractivity contribution < 1.29 is 19.1 Å². The van der Waals surface area contributed by atoms with Crippen molar-refractivity contribution in [3.63, 3.8) is 0 Å². The molecule has 1 saturated carbocycles. The number of hydrogen-bond donors (Lipinski definition) is 1. The monoisotopic (exact) mass is 300 g/mol. The van der Waals surface area contributed by atoms with Gasteiger partial charge in [0.25, 0.3) is 0 Å². The zero-order chi connectivity index (χ0) is 15.4. The number of carboxylic acid groups (broad SMARTS) is 1. The third-order valence-corrected chi connectivity index (χ3v) is 4.23. The quantitative estimate of drug-likeness (QED) is 0.876. The average molecular weight is 300 g/mol. The molecule has 0 unspecified atom stereocenters. The van der Waals surface area contributed by atoms with E-state index in [9.17, 15) is 4.79 Å². The van der Waals surface area contributed by atoms with Gasteiger partial charge >= 0.3 is 5.97 Å². The Hall–Kier alpha value is -2.23. The molecule has 3 rings (SSSR count). The first kappa shape index (κ1) is 14.7. The zero-order valence-corrected chi connectivity index (χ0v) is 12.5. The number of ether oxygens (including phenoxy) is 1. The first-order chi connectivity index (χ1) is 10.7. The van der Waals surface area contributed by atoms with Gasteiger partial charge < -0.3 is 14.3 Å². The summed E-state index contributed by atoms with van der Waals surface area (Å²) in [5.74, 6) is 0.349. The molecule has 1 aromatic carbocycles. The maximum atomic E-state index is 10.7. The van der Waals surface area contributed by atoms with Gasteiger partial charge in [-0.25, -0.2) is 4.79 Å². The fourth-order valence-corrected chi connectivity index (χ4v) is 3.00. The van der Waals surface area contributed by atoms with E-state index in [1.165, 1.54) is 50.0 Å². The van der Waals surface area contributed by atoms with Crippen LogP contribution in [0, 0.1) is 0 Å². The molecular formula is C18H20O4. The minimum absolute atomic E-state index is 0.0637. The SMILES string of the molecule is O=C(O)c1cc(COc2ccc(C3CCCCC3)cc2)co1. The minimum Gasteiger partial charge on any atom is -0.489 e. The molecule has 1 aromatic heterocycles. The van der Waals surface area contributed by atoms with Crippen molar-refractivity contribution in [1.82, 2.24) is 0 Å². The average Bonchev–Trinajstić information content (AvgIpc) is 3.04. The van der Waals surface area contributed by atoms with Crippen molar-refractivity contribution in [3.05, 3.63) is 53.5 Å². The van der Waals surface area contributed by atoms with Crippen LogP contribution in [0.25, 0.3) is 0 Å². The van der Waals surface area contributed by atoms with Crippen LogP contribution in [0.3, 0.4) is 0 Å². The van der Waals surface area contributed by atoms with Gasteiger partial charge in [0.05, 0.1) is 6.26 Å². The van der Waals surface area contributed by atoms with Crippen LogP contribution in [0.15, 0.2) is 41.0 Å². The first-order valence-corrected chi connectivity index (χ1v) is 7.76. The molecule has 0 bridgehead atoms. The molecule has 4 heteroatoms. The van der Waals surface area contributed by atoms with E-state index in [-0.39, 0.29) is 5.76 Å². The van der Waals surface area contributed by atoms with Crippen LogP contribution < -0.4 is 4.74 Å². The molecule has 1 heterocycles. The van der Waals surface area contributed by atoms with Gasteiger partial charge in [-0.1, -0.05) is 31.4 Å². The second-order valence-electron chi connectivity index (χ2n) is 5.82. The van der Waals surface area contributed by atoms with Gasteiger partial charge in [0.1, 0.15) is 12.4 Å². The lowest BCUT2D eigenvalue weighted by Crippen LogP contribution is -2.04. The molecule has 1 aliphatic rings. The Bertz CT molecular complexity index is 621. The largest absolute Gasteiger partial charge is 0.489 e. The van der Waals surface area contributed by atoms with Crippen LogP contribution in [0.2, 0.25) is 0 Å². The summed E-state index contributed by atoms with van der Waals surface area (Å²) in [6.07, 6.45) is 8.01. The minimum atomic E-state index is -1.07. The lowest BCUT2D eigenvalue weighted by Gasteiger charge is -2.22. The molecule has 0 saturated heterocycles. The van der Waals surface area contributed by atoms with Gasteiger partial charge in [-0.3, -0.25) is 0 Å². The Morgan fingerprint density at radius 2 is 1.91 bits per heavy atom. The number of carbonyl (C=O) groups is 1. The predicted molar refractivity (Wildman–Crippen MR) is 82.3 cm³/mol. The summed E-state index contributed by atoms with van der Waals surface area (Å²) in [4.78, 5) is 10.7. The normalized spacial score (nSPS) is 15.6. The third-order valence-electron chi connectivity index (χ3n) is 4.23. The second-order valence-corrected chi connectivity index (χ2v) is 5.82. The Morgan fingerprint density at radius 1 is 1.18 bits per heavy atom. The van der Waals surface area contributed by atoms with Crippen LogP contribution in [-0.4, -0.2) is 11.1 Å². The van der Waals surface area contributed by atoms with E-state index in [4.69, 9.17) is 14.3 Å². The molecule has 4 nitrogen and oxygen atoms in total. The predicted octanol–water partition coefficient (Wildman–Crippen LogP) is 4.60. The van der Waals surface area contributed by atoms with Gasteiger partial charge in [0, 0.05) is 5.56 Å². The summed E-state index contributed by atoms with van der Waals surface area (Å²) in [5.41, 5.74) is 2.11. The van der Waals surface area contributed by atoms with Crippen LogP contribution in [0.5, 0.6) is 5.75 Å². The lowest BCUT2D eigenvalue weighted by atomic mass is 9.84. The van der Waals surface area contributed by atoms with Gasteiger partial charge in [-0.05, 0) is 42.5 Å². The number of rotatable bonds is 5. The van der Waals surface area contributed by atoms with E-state index < -0.39 is 5.97 Å². The first-order valence-electron chi connectivity index (χ1n) is 7.76. The smallest absolute Gasteiger partial charge is 0.371 e. The van der Waals surface area contributed by atoms with E-state index >= 15 is 0 Å². The van der Waals surface area contributed by atoms with E-state index in [2.05, 4.69) is 12.1 Å². The lowest BCUT2D eigenvalue weighted by molar-refractivity contribution is 0.0662. The van der Waals surface area contributed by atoms with Gasteiger partial charge in [0.2, 0.25) is 5.76 Å². The molecule has 0 atom stereocenters. The highest BCUT2D eigenvalue weighted by atomic mass is 16.5. The highest BCUT2D eigenvalue weighted by Gasteiger charge is 2.15. The van der Waals surface area contributed by atoms with Crippen LogP contribution in [0.4, 0.5) is 0 Å². The summed E-state index contributed by atoms with van der Waals surface area (Å²) in [7, 11) is 0. The van der Waals surface area contributed by atoms with Crippen molar-refractivity contribution in [2.75, 3.05) is 0 Å². The Kier molecular flexibility index (Phi) is 4.47. The summed E-state index contributed by atoms with van der Waals surface area (Å²) in [6, 6.07) is 9.75. The van der Waals surface area contributed by atoms with Crippen LogP contribution >= 0.6 is 0 Å². The number of aromatic carboxylic acids is 1. The topological polar surface area (TPSA) is 59.7 Å². The summed E-state index contributed by atoms with van der Waals surface area (Å²) < 4.78 is 10.6. The fraction of sp³-hybridized carbons (Fsp3) is 0.389. The maximum absolute atomic E-state index is 10.7. The molecule has 2 aromatic rings. The standard InChI is InChI=1S/C18H20O4/c19-18(20)17-10-13(12-22-17)11-21-16-8-6-15(7-9-16)14-4-2-1-3-5-14/h6-10,12,14H,1-5,11H2,(H,19,20). The number of benzene rings is 1. The Labute approximate surface area is 129 Å². The molecular weight excluding hydrogens is 280 g/mol. The third kappa shape index (κ3) is 3.50. The summed E-state index contributed by atoms with van der Waals surface area (Å²) in [5, 5.41) is 8.80. The summed E-state index contributed by atoms with van der Waals surface area (Å²) >= 11 is 0. The molecule has 0 amide bonds. The van der Waals surface area contributed by atoms with Crippen LogP contribution in [0.1, 0.15) is 59.7 Å². The number of carboxylic acids is 1. The molecule has 0 radical (unpaired) electrons. The maximum Gasteiger partial charge on any atom is 0.371 e. The van der Waals surface area contributed by atoms with Gasteiger partial charge in [0.15, 0.2) is 0 Å². The van der Waals surface area contributed by atoms with Crippen molar-refractivity contribution in [3.8, 4) is 5.75 Å². The summed E-state index contributed by atoms with van der Waals surface area (Å²) in [6.45, 7) is 0.305. The molecule has 22 heavy (non-hydrogen) atoms. The van der Waals surface area contributed by atoms with E-state index in [1.807, 2.05) is 12.1 Å². The highest BCUT2D eigenvalue weighted by Crippen LogP contribution is 2.33. The van der Waals surface area contributed by atoms with E-state index in [0.717, 1.165) is 5.75 Å². The number of hydrogen-bond acceptors (Lipinski definition) is 3. The zero-order valence-electron chi connectivity index (χ0n) is 12.5. The molecule has 0 spiro atoms. The molecule has 1 aliphatic carbocycles. The van der Waals surface area contributed by atoms with Gasteiger partial charge in [-0.15, -0.1) is 0 Å². The molecule has 0 aliphatic heterocycles. The highest BCUT2D eigenvalue weighted by molar-refractivity contribution is 5.84. The van der Waals surface area contributed by atoms with Crippen LogP contribution in [-0.2, 0) is 6.61 Å². The molecule has 1 fully saturated rings. The van der Waals surface area contributed by atoms with Gasteiger partial charge in [-0.2, -0.15) is 0 Å². The van der Waals surface area contributed by atoms with Crippen molar-refractivity contribution >= 4 is 5.97 Å².